The third kappa shape index (κ3) is 3.74. The Morgan fingerprint density at radius 3 is 2.62 bits per heavy atom. The molecule has 0 aliphatic heterocycles. The summed E-state index contributed by atoms with van der Waals surface area (Å²) >= 11 is 6.07. The van der Waals surface area contributed by atoms with Crippen molar-refractivity contribution < 1.29 is 9.13 Å². The minimum Gasteiger partial charge on any atom is -0.496 e. The molecule has 21 heavy (non-hydrogen) atoms. The van der Waals surface area contributed by atoms with Gasteiger partial charge in [-0.2, -0.15) is 0 Å². The molecule has 1 N–H and O–H groups in total. The van der Waals surface area contributed by atoms with E-state index in [9.17, 15) is 4.39 Å². The molecule has 112 valence electrons. The fraction of sp³-hybridized carbons (Fsp3) is 0.294. The second kappa shape index (κ2) is 6.92. The lowest BCUT2D eigenvalue weighted by Crippen LogP contribution is -2.19. The van der Waals surface area contributed by atoms with E-state index in [1.165, 1.54) is 6.07 Å². The van der Waals surface area contributed by atoms with Gasteiger partial charge in [-0.05, 0) is 61.3 Å². The third-order valence-electron chi connectivity index (χ3n) is 3.60. The highest BCUT2D eigenvalue weighted by Crippen LogP contribution is 2.28. The summed E-state index contributed by atoms with van der Waals surface area (Å²) in [6.07, 6.45) is 0.714. The molecule has 0 bridgehead atoms. The Bertz CT molecular complexity index is 630. The van der Waals surface area contributed by atoms with Crippen LogP contribution in [0.3, 0.4) is 0 Å². The molecule has 2 aromatic carbocycles. The second-order valence-electron chi connectivity index (χ2n) is 5.01. The molecule has 0 amide bonds. The van der Waals surface area contributed by atoms with E-state index in [1.54, 1.807) is 26.2 Å². The van der Waals surface area contributed by atoms with Crippen LogP contribution in [-0.4, -0.2) is 14.2 Å². The number of hydrogen-bond donors (Lipinski definition) is 1. The molecule has 0 radical (unpaired) electrons. The van der Waals surface area contributed by atoms with Gasteiger partial charge in [0.1, 0.15) is 11.6 Å². The number of nitrogens with one attached hydrogen (secondary N) is 1. The van der Waals surface area contributed by atoms with Crippen LogP contribution >= 0.6 is 11.6 Å². The minimum absolute atomic E-state index is 0.0664. The Hall–Kier alpha value is -1.58. The molecule has 0 aliphatic carbocycles. The van der Waals surface area contributed by atoms with Crippen molar-refractivity contribution in [2.24, 2.45) is 0 Å². The van der Waals surface area contributed by atoms with Gasteiger partial charge in [0, 0.05) is 11.1 Å². The summed E-state index contributed by atoms with van der Waals surface area (Å²) in [5.41, 5.74) is 2.70. The van der Waals surface area contributed by atoms with Crippen molar-refractivity contribution in [1.29, 1.82) is 0 Å². The zero-order valence-electron chi connectivity index (χ0n) is 12.4. The number of likely N-dealkylation sites (N-methyl/N-ethyl adjacent to an activating group) is 1. The first-order valence-electron chi connectivity index (χ1n) is 6.81. The molecule has 0 aromatic heterocycles. The number of benzene rings is 2. The number of halogens is 2. The number of hydrogen-bond acceptors (Lipinski definition) is 2. The van der Waals surface area contributed by atoms with Crippen molar-refractivity contribution in [2.45, 2.75) is 19.4 Å². The maximum absolute atomic E-state index is 13.4. The van der Waals surface area contributed by atoms with Crippen LogP contribution in [-0.2, 0) is 6.42 Å². The van der Waals surface area contributed by atoms with Gasteiger partial charge in [-0.3, -0.25) is 0 Å². The molecule has 2 aromatic rings. The molecular formula is C17H19ClFNO. The molecule has 2 rings (SSSR count). The lowest BCUT2D eigenvalue weighted by molar-refractivity contribution is 0.406. The average Bonchev–Trinajstić information content (AvgIpc) is 2.48. The van der Waals surface area contributed by atoms with Crippen LogP contribution in [0.25, 0.3) is 0 Å². The van der Waals surface area contributed by atoms with Gasteiger partial charge in [0.2, 0.25) is 0 Å². The molecule has 4 heteroatoms. The largest absolute Gasteiger partial charge is 0.496 e. The number of aryl methyl sites for hydroxylation is 1. The van der Waals surface area contributed by atoms with E-state index in [4.69, 9.17) is 16.3 Å². The topological polar surface area (TPSA) is 21.3 Å². The molecular weight excluding hydrogens is 289 g/mol. The summed E-state index contributed by atoms with van der Waals surface area (Å²) in [6.45, 7) is 1.77. The van der Waals surface area contributed by atoms with Crippen LogP contribution in [0.2, 0.25) is 5.02 Å². The Balaban J connectivity index is 2.30. The van der Waals surface area contributed by atoms with Crippen LogP contribution in [0.5, 0.6) is 5.75 Å². The zero-order chi connectivity index (χ0) is 15.4. The maximum Gasteiger partial charge on any atom is 0.126 e. The van der Waals surface area contributed by atoms with E-state index in [0.29, 0.717) is 17.0 Å². The Kier molecular flexibility index (Phi) is 5.21. The molecule has 0 aliphatic rings. The molecule has 0 saturated heterocycles. The molecule has 0 heterocycles. The Morgan fingerprint density at radius 2 is 2.00 bits per heavy atom. The van der Waals surface area contributed by atoms with Gasteiger partial charge in [-0.25, -0.2) is 4.39 Å². The average molecular weight is 308 g/mol. The van der Waals surface area contributed by atoms with Crippen LogP contribution in [0.4, 0.5) is 4.39 Å². The highest BCUT2D eigenvalue weighted by Gasteiger charge is 2.14. The van der Waals surface area contributed by atoms with Crippen molar-refractivity contribution in [3.05, 3.63) is 63.9 Å². The van der Waals surface area contributed by atoms with E-state index in [-0.39, 0.29) is 11.9 Å². The summed E-state index contributed by atoms with van der Waals surface area (Å²) < 4.78 is 18.8. The minimum atomic E-state index is -0.186. The SMILES string of the molecule is CNC(Cc1cc(Cl)ccc1OC)c1ccc(F)c(C)c1. The Labute approximate surface area is 129 Å². The van der Waals surface area contributed by atoms with Gasteiger partial charge in [0.15, 0.2) is 0 Å². The van der Waals surface area contributed by atoms with Crippen molar-refractivity contribution >= 4 is 11.6 Å². The number of rotatable bonds is 5. The van der Waals surface area contributed by atoms with E-state index in [2.05, 4.69) is 5.32 Å². The van der Waals surface area contributed by atoms with Gasteiger partial charge < -0.3 is 10.1 Å². The summed E-state index contributed by atoms with van der Waals surface area (Å²) in [6, 6.07) is 10.8. The van der Waals surface area contributed by atoms with E-state index in [1.807, 2.05) is 25.2 Å². The Morgan fingerprint density at radius 1 is 1.24 bits per heavy atom. The van der Waals surface area contributed by atoms with Gasteiger partial charge in [-0.1, -0.05) is 23.7 Å². The number of ether oxygens (including phenoxy) is 1. The molecule has 2 nitrogen and oxygen atoms in total. The van der Waals surface area contributed by atoms with Crippen LogP contribution in [0.15, 0.2) is 36.4 Å². The van der Waals surface area contributed by atoms with E-state index in [0.717, 1.165) is 16.9 Å². The van der Waals surface area contributed by atoms with Crippen molar-refractivity contribution in [2.75, 3.05) is 14.2 Å². The maximum atomic E-state index is 13.4. The van der Waals surface area contributed by atoms with Gasteiger partial charge in [0.05, 0.1) is 7.11 Å². The monoisotopic (exact) mass is 307 g/mol. The second-order valence-corrected chi connectivity index (χ2v) is 5.45. The van der Waals surface area contributed by atoms with Crippen molar-refractivity contribution in [1.82, 2.24) is 5.32 Å². The highest BCUT2D eigenvalue weighted by molar-refractivity contribution is 6.30. The predicted octanol–water partition coefficient (Wildman–Crippen LogP) is 4.30. The standard InChI is InChI=1S/C17H19ClFNO/c1-11-8-12(4-6-15(11)19)16(20-2)10-13-9-14(18)5-7-17(13)21-3/h4-9,16,20H,10H2,1-3H3. The first-order valence-corrected chi connectivity index (χ1v) is 7.18. The van der Waals surface area contributed by atoms with Crippen molar-refractivity contribution in [3.63, 3.8) is 0 Å². The first kappa shape index (κ1) is 15.8. The summed E-state index contributed by atoms with van der Waals surface area (Å²) in [5.74, 6) is 0.618. The van der Waals surface area contributed by atoms with Gasteiger partial charge >= 0.3 is 0 Å². The van der Waals surface area contributed by atoms with Gasteiger partial charge in [-0.15, -0.1) is 0 Å². The summed E-state index contributed by atoms with van der Waals surface area (Å²) in [5, 5.41) is 3.94. The smallest absolute Gasteiger partial charge is 0.126 e. The fourth-order valence-electron chi connectivity index (χ4n) is 2.40. The van der Waals surface area contributed by atoms with Crippen LogP contribution in [0, 0.1) is 12.7 Å². The molecule has 0 spiro atoms. The zero-order valence-corrected chi connectivity index (χ0v) is 13.2. The fourth-order valence-corrected chi connectivity index (χ4v) is 2.59. The van der Waals surface area contributed by atoms with E-state index < -0.39 is 0 Å². The third-order valence-corrected chi connectivity index (χ3v) is 3.83. The van der Waals surface area contributed by atoms with Gasteiger partial charge in [0.25, 0.3) is 0 Å². The van der Waals surface area contributed by atoms with Crippen LogP contribution < -0.4 is 10.1 Å². The first-order chi connectivity index (χ1) is 10.0. The highest BCUT2D eigenvalue weighted by atomic mass is 35.5. The molecule has 0 saturated carbocycles. The summed E-state index contributed by atoms with van der Waals surface area (Å²) in [4.78, 5) is 0. The summed E-state index contributed by atoms with van der Waals surface area (Å²) in [7, 11) is 3.53. The van der Waals surface area contributed by atoms with E-state index >= 15 is 0 Å². The normalized spacial score (nSPS) is 12.2. The lowest BCUT2D eigenvalue weighted by atomic mass is 9.97. The molecule has 1 atom stereocenters. The quantitative estimate of drug-likeness (QED) is 0.889. The predicted molar refractivity (Wildman–Crippen MR) is 84.6 cm³/mol. The van der Waals surface area contributed by atoms with Crippen LogP contribution in [0.1, 0.15) is 22.7 Å². The molecule has 1 unspecified atom stereocenters. The van der Waals surface area contributed by atoms with Crippen molar-refractivity contribution in [3.8, 4) is 5.75 Å². The lowest BCUT2D eigenvalue weighted by Gasteiger charge is -2.19. The number of methoxy groups -OCH3 is 1. The molecule has 0 fully saturated rings.